The van der Waals surface area contributed by atoms with Crippen molar-refractivity contribution in [2.75, 3.05) is 26.5 Å². The van der Waals surface area contributed by atoms with Gasteiger partial charge in [0.15, 0.2) is 11.0 Å². The molecule has 1 atom stereocenters. The van der Waals surface area contributed by atoms with Gasteiger partial charge < -0.3 is 14.4 Å². The summed E-state index contributed by atoms with van der Waals surface area (Å²) in [5.74, 6) is 2.21. The maximum Gasteiger partial charge on any atom is 0.191 e. The maximum absolute atomic E-state index is 10.5. The average molecular weight is 413 g/mol. The minimum absolute atomic E-state index is 0.444. The van der Waals surface area contributed by atoms with E-state index in [0.29, 0.717) is 12.3 Å². The standard InChI is InChI=1S/C22H28N4O2S/c1-4-26-21(18-10-12-20(28-3)13-11-18)23-24-22(26)29-16-19(27)15-25(2)14-17-8-6-5-7-9-17/h5-13,19,27H,4,14-16H2,1-3H3. The molecular formula is C22H28N4O2S. The summed E-state index contributed by atoms with van der Waals surface area (Å²) >= 11 is 1.54. The summed E-state index contributed by atoms with van der Waals surface area (Å²) in [4.78, 5) is 2.13. The topological polar surface area (TPSA) is 63.4 Å². The van der Waals surface area contributed by atoms with Gasteiger partial charge in [-0.25, -0.2) is 0 Å². The molecule has 0 saturated heterocycles. The predicted molar refractivity (Wildman–Crippen MR) is 117 cm³/mol. The second-order valence-corrected chi connectivity index (χ2v) is 7.91. The molecule has 0 aliphatic heterocycles. The molecule has 154 valence electrons. The Bertz CT molecular complexity index is 884. The third-order valence-electron chi connectivity index (χ3n) is 4.60. The Kier molecular flexibility index (Phi) is 7.69. The van der Waals surface area contributed by atoms with Gasteiger partial charge in [-0.1, -0.05) is 42.1 Å². The number of likely N-dealkylation sites (N-methyl/N-ethyl adjacent to an activating group) is 1. The Hall–Kier alpha value is -2.35. The fraction of sp³-hybridized carbons (Fsp3) is 0.364. The highest BCUT2D eigenvalue weighted by molar-refractivity contribution is 7.99. The first-order valence-electron chi connectivity index (χ1n) is 9.71. The van der Waals surface area contributed by atoms with Crippen LogP contribution in [0.15, 0.2) is 59.8 Å². The van der Waals surface area contributed by atoms with Crippen molar-refractivity contribution in [1.82, 2.24) is 19.7 Å². The van der Waals surface area contributed by atoms with Crippen LogP contribution in [0.2, 0.25) is 0 Å². The summed E-state index contributed by atoms with van der Waals surface area (Å²) < 4.78 is 7.30. The normalized spacial score (nSPS) is 12.3. The van der Waals surface area contributed by atoms with Gasteiger partial charge in [0.05, 0.1) is 13.2 Å². The number of methoxy groups -OCH3 is 1. The number of thioether (sulfide) groups is 1. The van der Waals surface area contributed by atoms with Crippen molar-refractivity contribution in [3.63, 3.8) is 0 Å². The van der Waals surface area contributed by atoms with E-state index >= 15 is 0 Å². The minimum atomic E-state index is -0.444. The van der Waals surface area contributed by atoms with E-state index in [2.05, 4.69) is 38.7 Å². The molecule has 1 heterocycles. The lowest BCUT2D eigenvalue weighted by molar-refractivity contribution is 0.142. The molecular weight excluding hydrogens is 384 g/mol. The van der Waals surface area contributed by atoms with E-state index in [1.54, 1.807) is 7.11 Å². The highest BCUT2D eigenvalue weighted by Gasteiger charge is 2.16. The number of nitrogens with zero attached hydrogens (tertiary/aromatic N) is 4. The largest absolute Gasteiger partial charge is 0.497 e. The predicted octanol–water partition coefficient (Wildman–Crippen LogP) is 3.56. The van der Waals surface area contributed by atoms with Crippen LogP contribution in [0.25, 0.3) is 11.4 Å². The Morgan fingerprint density at radius 2 is 1.83 bits per heavy atom. The Morgan fingerprint density at radius 1 is 1.10 bits per heavy atom. The molecule has 0 aliphatic rings. The number of aliphatic hydroxyl groups is 1. The molecule has 0 bridgehead atoms. The van der Waals surface area contributed by atoms with E-state index in [-0.39, 0.29) is 0 Å². The van der Waals surface area contributed by atoms with Crippen molar-refractivity contribution in [2.24, 2.45) is 0 Å². The van der Waals surface area contributed by atoms with E-state index in [0.717, 1.165) is 35.4 Å². The monoisotopic (exact) mass is 412 g/mol. The van der Waals surface area contributed by atoms with Gasteiger partial charge in [0.25, 0.3) is 0 Å². The van der Waals surface area contributed by atoms with Gasteiger partial charge in [0, 0.05) is 31.0 Å². The number of rotatable bonds is 10. The highest BCUT2D eigenvalue weighted by atomic mass is 32.2. The lowest BCUT2D eigenvalue weighted by atomic mass is 10.2. The summed E-state index contributed by atoms with van der Waals surface area (Å²) in [6.45, 7) is 4.26. The van der Waals surface area contributed by atoms with E-state index < -0.39 is 6.10 Å². The van der Waals surface area contributed by atoms with Gasteiger partial charge in [-0.05, 0) is 43.8 Å². The van der Waals surface area contributed by atoms with Crippen LogP contribution in [-0.4, -0.2) is 57.3 Å². The Morgan fingerprint density at radius 3 is 2.48 bits per heavy atom. The first kappa shape index (κ1) is 21.4. The van der Waals surface area contributed by atoms with Crippen molar-refractivity contribution < 1.29 is 9.84 Å². The van der Waals surface area contributed by atoms with Crippen LogP contribution in [0, 0.1) is 0 Å². The molecule has 3 aromatic rings. The molecule has 6 nitrogen and oxygen atoms in total. The van der Waals surface area contributed by atoms with Crippen LogP contribution in [0.3, 0.4) is 0 Å². The summed E-state index contributed by atoms with van der Waals surface area (Å²) in [6, 6.07) is 18.1. The van der Waals surface area contributed by atoms with Crippen LogP contribution in [0.1, 0.15) is 12.5 Å². The Balaban J connectivity index is 1.57. The zero-order chi connectivity index (χ0) is 20.6. The summed E-state index contributed by atoms with van der Waals surface area (Å²) in [6.07, 6.45) is -0.444. The quantitative estimate of drug-likeness (QED) is 0.514. The van der Waals surface area contributed by atoms with Crippen molar-refractivity contribution in [2.45, 2.75) is 31.3 Å². The number of hydrogen-bond acceptors (Lipinski definition) is 6. The molecule has 0 spiro atoms. The van der Waals surface area contributed by atoms with Crippen molar-refractivity contribution >= 4 is 11.8 Å². The zero-order valence-corrected chi connectivity index (χ0v) is 18.0. The van der Waals surface area contributed by atoms with Gasteiger partial charge in [0.1, 0.15) is 5.75 Å². The van der Waals surface area contributed by atoms with Crippen LogP contribution < -0.4 is 4.74 Å². The molecule has 0 amide bonds. The highest BCUT2D eigenvalue weighted by Crippen LogP contribution is 2.26. The van der Waals surface area contributed by atoms with Crippen LogP contribution >= 0.6 is 11.8 Å². The molecule has 0 fully saturated rings. The number of ether oxygens (including phenoxy) is 1. The number of hydrogen-bond donors (Lipinski definition) is 1. The first-order chi connectivity index (χ1) is 14.1. The molecule has 0 radical (unpaired) electrons. The number of aromatic nitrogens is 3. The van der Waals surface area contributed by atoms with Gasteiger partial charge >= 0.3 is 0 Å². The molecule has 7 heteroatoms. The van der Waals surface area contributed by atoms with E-state index in [1.807, 2.05) is 49.5 Å². The van der Waals surface area contributed by atoms with Crippen LogP contribution in [0.4, 0.5) is 0 Å². The second-order valence-electron chi connectivity index (χ2n) is 6.93. The molecule has 1 aromatic heterocycles. The zero-order valence-electron chi connectivity index (χ0n) is 17.2. The fourth-order valence-electron chi connectivity index (χ4n) is 3.18. The first-order valence-corrected chi connectivity index (χ1v) is 10.7. The van der Waals surface area contributed by atoms with Crippen molar-refractivity contribution in [3.05, 3.63) is 60.2 Å². The SMILES string of the molecule is CCn1c(SCC(O)CN(C)Cc2ccccc2)nnc1-c1ccc(OC)cc1. The molecule has 1 unspecified atom stereocenters. The average Bonchev–Trinajstić information content (AvgIpc) is 3.16. The summed E-state index contributed by atoms with van der Waals surface area (Å²) in [5.41, 5.74) is 2.24. The summed E-state index contributed by atoms with van der Waals surface area (Å²) in [7, 11) is 3.68. The van der Waals surface area contributed by atoms with Gasteiger partial charge in [-0.15, -0.1) is 10.2 Å². The smallest absolute Gasteiger partial charge is 0.191 e. The molecule has 0 aliphatic carbocycles. The van der Waals surface area contributed by atoms with E-state index in [9.17, 15) is 5.11 Å². The molecule has 3 rings (SSSR count). The molecule has 29 heavy (non-hydrogen) atoms. The molecule has 1 N–H and O–H groups in total. The summed E-state index contributed by atoms with van der Waals surface area (Å²) in [5, 5.41) is 20.0. The number of benzene rings is 2. The lowest BCUT2D eigenvalue weighted by Gasteiger charge is -2.20. The second kappa shape index (κ2) is 10.4. The minimum Gasteiger partial charge on any atom is -0.497 e. The Labute approximate surface area is 176 Å². The maximum atomic E-state index is 10.5. The number of aliphatic hydroxyl groups excluding tert-OH is 1. The van der Waals surface area contributed by atoms with Crippen LogP contribution in [-0.2, 0) is 13.1 Å². The fourth-order valence-corrected chi connectivity index (χ4v) is 4.09. The molecule has 0 saturated carbocycles. The van der Waals surface area contributed by atoms with Crippen LogP contribution in [0.5, 0.6) is 5.75 Å². The lowest BCUT2D eigenvalue weighted by Crippen LogP contribution is -2.30. The van der Waals surface area contributed by atoms with Crippen molar-refractivity contribution in [1.29, 1.82) is 0 Å². The van der Waals surface area contributed by atoms with Gasteiger partial charge in [-0.2, -0.15) is 0 Å². The molecule has 2 aromatic carbocycles. The van der Waals surface area contributed by atoms with E-state index in [4.69, 9.17) is 4.74 Å². The van der Waals surface area contributed by atoms with Gasteiger partial charge in [0.2, 0.25) is 0 Å². The third-order valence-corrected chi connectivity index (χ3v) is 5.72. The third kappa shape index (κ3) is 5.82. The van der Waals surface area contributed by atoms with Crippen molar-refractivity contribution in [3.8, 4) is 17.1 Å². The van der Waals surface area contributed by atoms with E-state index in [1.165, 1.54) is 17.3 Å². The van der Waals surface area contributed by atoms with Gasteiger partial charge in [-0.3, -0.25) is 4.90 Å².